The summed E-state index contributed by atoms with van der Waals surface area (Å²) in [4.78, 5) is 46.1. The smallest absolute Gasteiger partial charge is 0.362 e. The summed E-state index contributed by atoms with van der Waals surface area (Å²) >= 11 is 0. The number of β-lactam (4-membered cyclic amide) rings is 1. The van der Waals surface area contributed by atoms with Crippen molar-refractivity contribution in [2.24, 2.45) is 5.73 Å². The SMILES string of the molecule is COC1(NC(C)C(=O)NC(=O)CCC(N)C(=O)O)CN(S(=O)(=O)O)C1=O. The lowest BCUT2D eigenvalue weighted by molar-refractivity contribution is -0.179. The van der Waals surface area contributed by atoms with E-state index >= 15 is 0 Å². The van der Waals surface area contributed by atoms with Gasteiger partial charge >= 0.3 is 16.3 Å². The summed E-state index contributed by atoms with van der Waals surface area (Å²) in [5.74, 6) is -4.03. The van der Waals surface area contributed by atoms with Gasteiger partial charge in [0.25, 0.3) is 5.91 Å². The zero-order valence-electron chi connectivity index (χ0n) is 14.0. The largest absolute Gasteiger partial charge is 0.480 e. The molecule has 6 N–H and O–H groups in total. The maximum absolute atomic E-state index is 12.0. The lowest BCUT2D eigenvalue weighted by Gasteiger charge is -2.46. The van der Waals surface area contributed by atoms with Gasteiger partial charge < -0.3 is 15.6 Å². The van der Waals surface area contributed by atoms with Gasteiger partial charge in [-0.3, -0.25) is 34.4 Å². The second kappa shape index (κ2) is 8.05. The summed E-state index contributed by atoms with van der Waals surface area (Å²) in [5.41, 5.74) is 3.39. The average molecular weight is 396 g/mol. The van der Waals surface area contributed by atoms with Crippen LogP contribution >= 0.6 is 0 Å². The Labute approximate surface area is 148 Å². The Balaban J connectivity index is 2.60. The first kappa shape index (κ1) is 21.9. The molecule has 1 rings (SSSR count). The third-order valence-electron chi connectivity index (χ3n) is 3.67. The van der Waals surface area contributed by atoms with E-state index in [2.05, 4.69) is 5.32 Å². The van der Waals surface area contributed by atoms with Gasteiger partial charge in [-0.25, -0.2) is 4.31 Å². The van der Waals surface area contributed by atoms with E-state index in [0.717, 1.165) is 7.11 Å². The van der Waals surface area contributed by atoms with Gasteiger partial charge in [0.1, 0.15) is 6.04 Å². The molecule has 3 atom stereocenters. The Kier molecular flexibility index (Phi) is 6.78. The van der Waals surface area contributed by atoms with E-state index < -0.39 is 58.3 Å². The molecule has 0 aromatic rings. The first-order valence-corrected chi connectivity index (χ1v) is 8.68. The minimum atomic E-state index is -4.74. The molecular formula is C12H20N4O9S. The maximum atomic E-state index is 12.0. The van der Waals surface area contributed by atoms with Gasteiger partial charge in [-0.15, -0.1) is 0 Å². The molecule has 0 spiro atoms. The number of aliphatic carboxylic acids is 1. The van der Waals surface area contributed by atoms with Gasteiger partial charge in [-0.1, -0.05) is 0 Å². The molecule has 26 heavy (non-hydrogen) atoms. The Bertz CT molecular complexity index is 709. The van der Waals surface area contributed by atoms with E-state index in [1.807, 2.05) is 5.32 Å². The molecule has 0 aliphatic carbocycles. The van der Waals surface area contributed by atoms with Crippen molar-refractivity contribution in [2.45, 2.75) is 37.6 Å². The Morgan fingerprint density at radius 3 is 2.42 bits per heavy atom. The Morgan fingerprint density at radius 1 is 1.42 bits per heavy atom. The van der Waals surface area contributed by atoms with Gasteiger partial charge in [0, 0.05) is 13.5 Å². The maximum Gasteiger partial charge on any atom is 0.362 e. The zero-order valence-corrected chi connectivity index (χ0v) is 14.8. The Morgan fingerprint density at radius 2 is 2.00 bits per heavy atom. The van der Waals surface area contributed by atoms with Crippen LogP contribution in [0.4, 0.5) is 0 Å². The van der Waals surface area contributed by atoms with Crippen molar-refractivity contribution in [3.63, 3.8) is 0 Å². The molecule has 0 aromatic carbocycles. The fourth-order valence-corrected chi connectivity index (χ4v) is 2.79. The number of carbonyl (C=O) groups excluding carboxylic acids is 3. The van der Waals surface area contributed by atoms with Crippen LogP contribution in [0.3, 0.4) is 0 Å². The molecule has 1 fully saturated rings. The van der Waals surface area contributed by atoms with Crippen molar-refractivity contribution < 1.29 is 42.0 Å². The molecular weight excluding hydrogens is 376 g/mol. The van der Waals surface area contributed by atoms with E-state index in [9.17, 15) is 27.6 Å². The fourth-order valence-electron chi connectivity index (χ4n) is 2.09. The van der Waals surface area contributed by atoms with Crippen LogP contribution in [0.25, 0.3) is 0 Å². The number of hydrogen-bond acceptors (Lipinski definition) is 9. The molecule has 0 radical (unpaired) electrons. The number of amides is 3. The number of nitrogens with zero attached hydrogens (tertiary/aromatic N) is 1. The summed E-state index contributed by atoms with van der Waals surface area (Å²) < 4.78 is 35.9. The molecule has 14 heteroatoms. The predicted octanol–water partition coefficient (Wildman–Crippen LogP) is -3.21. The standard InChI is InChI=1S/C12H20N4O9S/c1-6(9(18)14-8(17)4-3-7(13)10(19)20)15-12(25-2)5-16(11(12)21)26(22,23)24/h6-7,15H,3-5,13H2,1-2H3,(H,19,20)(H,14,17,18)(H,22,23,24). The molecule has 13 nitrogen and oxygen atoms in total. The number of methoxy groups -OCH3 is 1. The second-order valence-electron chi connectivity index (χ2n) is 5.58. The van der Waals surface area contributed by atoms with Crippen LogP contribution in [0.15, 0.2) is 0 Å². The molecule has 148 valence electrons. The number of imide groups is 1. The molecule has 1 saturated heterocycles. The number of carboxylic acid groups (broad SMARTS) is 1. The van der Waals surface area contributed by atoms with E-state index in [1.165, 1.54) is 6.92 Å². The van der Waals surface area contributed by atoms with E-state index in [1.54, 1.807) is 0 Å². The number of nitrogens with two attached hydrogens (primary N) is 1. The van der Waals surface area contributed by atoms with Crippen LogP contribution in [0, 0.1) is 0 Å². The zero-order chi connectivity index (χ0) is 20.3. The molecule has 1 aliphatic heterocycles. The van der Waals surface area contributed by atoms with Crippen LogP contribution in [-0.2, 0) is 34.2 Å². The molecule has 0 aromatic heterocycles. The lowest BCUT2D eigenvalue weighted by atomic mass is 10.0. The first-order chi connectivity index (χ1) is 11.8. The molecule has 3 unspecified atom stereocenters. The van der Waals surface area contributed by atoms with Crippen LogP contribution in [0.1, 0.15) is 19.8 Å². The first-order valence-electron chi connectivity index (χ1n) is 7.28. The summed E-state index contributed by atoms with van der Waals surface area (Å²) in [7, 11) is -3.65. The molecule has 0 bridgehead atoms. The molecule has 1 aliphatic rings. The molecule has 1 heterocycles. The lowest BCUT2D eigenvalue weighted by Crippen LogP contribution is -2.77. The Hall–Kier alpha value is -2.13. The highest BCUT2D eigenvalue weighted by Gasteiger charge is 2.58. The van der Waals surface area contributed by atoms with E-state index in [4.69, 9.17) is 20.1 Å². The average Bonchev–Trinajstić information content (AvgIpc) is 2.53. The van der Waals surface area contributed by atoms with E-state index in [0.29, 0.717) is 0 Å². The highest BCUT2D eigenvalue weighted by Crippen LogP contribution is 2.26. The van der Waals surface area contributed by atoms with Crippen molar-refractivity contribution in [2.75, 3.05) is 13.7 Å². The van der Waals surface area contributed by atoms with Crippen LogP contribution in [0.2, 0.25) is 0 Å². The third kappa shape index (κ3) is 4.95. The van der Waals surface area contributed by atoms with Crippen molar-refractivity contribution in [3.05, 3.63) is 0 Å². The minimum Gasteiger partial charge on any atom is -0.480 e. The number of hydrogen-bond donors (Lipinski definition) is 5. The summed E-state index contributed by atoms with van der Waals surface area (Å²) in [6.45, 7) is 0.718. The van der Waals surface area contributed by atoms with Crippen molar-refractivity contribution in [1.29, 1.82) is 0 Å². The minimum absolute atomic E-state index is 0.145. The number of ether oxygens (including phenoxy) is 1. The summed E-state index contributed by atoms with van der Waals surface area (Å²) in [5, 5.41) is 13.0. The molecule has 3 amide bonds. The predicted molar refractivity (Wildman–Crippen MR) is 83.6 cm³/mol. The normalized spacial score (nSPS) is 22.3. The summed E-state index contributed by atoms with van der Waals surface area (Å²) in [6.07, 6.45) is -0.489. The summed E-state index contributed by atoms with van der Waals surface area (Å²) in [6, 6.07) is -2.40. The van der Waals surface area contributed by atoms with Crippen molar-refractivity contribution in [3.8, 4) is 0 Å². The van der Waals surface area contributed by atoms with Gasteiger partial charge in [0.05, 0.1) is 12.6 Å². The van der Waals surface area contributed by atoms with Gasteiger partial charge in [-0.05, 0) is 13.3 Å². The number of carbonyl (C=O) groups is 4. The van der Waals surface area contributed by atoms with Crippen LogP contribution in [0.5, 0.6) is 0 Å². The topological polar surface area (TPSA) is 205 Å². The highest BCUT2D eigenvalue weighted by atomic mass is 32.2. The van der Waals surface area contributed by atoms with Gasteiger partial charge in [0.15, 0.2) is 0 Å². The fraction of sp³-hybridized carbons (Fsp3) is 0.667. The van der Waals surface area contributed by atoms with E-state index in [-0.39, 0.29) is 17.1 Å². The third-order valence-corrected chi connectivity index (χ3v) is 4.52. The highest BCUT2D eigenvalue weighted by molar-refractivity contribution is 7.84. The van der Waals surface area contributed by atoms with Crippen LogP contribution in [-0.4, -0.2) is 77.5 Å². The monoisotopic (exact) mass is 396 g/mol. The number of nitrogens with one attached hydrogen (secondary N) is 2. The van der Waals surface area contributed by atoms with Crippen LogP contribution < -0.4 is 16.4 Å². The molecule has 0 saturated carbocycles. The number of carboxylic acids is 1. The quantitative estimate of drug-likeness (QED) is 0.149. The van der Waals surface area contributed by atoms with Crippen molar-refractivity contribution >= 4 is 34.0 Å². The van der Waals surface area contributed by atoms with Gasteiger partial charge in [0.2, 0.25) is 17.5 Å². The second-order valence-corrected chi connectivity index (χ2v) is 6.92. The van der Waals surface area contributed by atoms with Crippen molar-refractivity contribution in [1.82, 2.24) is 14.9 Å². The number of rotatable bonds is 9. The van der Waals surface area contributed by atoms with Gasteiger partial charge in [-0.2, -0.15) is 8.42 Å².